The summed E-state index contributed by atoms with van der Waals surface area (Å²) < 4.78 is 12.0. The van der Waals surface area contributed by atoms with Gasteiger partial charge in [0.1, 0.15) is 0 Å². The van der Waals surface area contributed by atoms with Gasteiger partial charge in [-0.2, -0.15) is 0 Å². The zero-order valence-electron chi connectivity index (χ0n) is 8.41. The van der Waals surface area contributed by atoms with Crippen LogP contribution < -0.4 is 5.32 Å². The summed E-state index contributed by atoms with van der Waals surface area (Å²) in [5.41, 5.74) is 0. The van der Waals surface area contributed by atoms with Crippen molar-refractivity contribution in [1.82, 2.24) is 5.32 Å². The molecular weight excluding hydrogens is 230 g/mol. The summed E-state index contributed by atoms with van der Waals surface area (Å²) in [5, 5.41) is 3.94. The van der Waals surface area contributed by atoms with Gasteiger partial charge in [-0.15, -0.1) is 0 Å². The minimum absolute atomic E-state index is 0.546. The molecule has 1 aliphatic rings. The SMILES string of the molecule is O=S(CC1CCNC1)c1cccc(Cl)c1. The van der Waals surface area contributed by atoms with Crippen molar-refractivity contribution in [3.8, 4) is 0 Å². The van der Waals surface area contributed by atoms with E-state index in [1.54, 1.807) is 12.1 Å². The van der Waals surface area contributed by atoms with Crippen LogP contribution in [-0.2, 0) is 10.8 Å². The third-order valence-electron chi connectivity index (χ3n) is 2.61. The molecule has 2 nitrogen and oxygen atoms in total. The van der Waals surface area contributed by atoms with E-state index in [0.29, 0.717) is 10.9 Å². The van der Waals surface area contributed by atoms with Crippen LogP contribution in [0.2, 0.25) is 5.02 Å². The second-order valence-corrected chi connectivity index (χ2v) is 5.76. The maximum atomic E-state index is 12.0. The third-order valence-corrected chi connectivity index (χ3v) is 4.40. The molecule has 82 valence electrons. The molecule has 1 saturated heterocycles. The summed E-state index contributed by atoms with van der Waals surface area (Å²) in [5.74, 6) is 1.29. The number of hydrogen-bond acceptors (Lipinski definition) is 2. The van der Waals surface area contributed by atoms with E-state index >= 15 is 0 Å². The van der Waals surface area contributed by atoms with Gasteiger partial charge in [-0.1, -0.05) is 17.7 Å². The highest BCUT2D eigenvalue weighted by atomic mass is 35.5. The fourth-order valence-corrected chi connectivity index (χ4v) is 3.42. The van der Waals surface area contributed by atoms with E-state index in [2.05, 4.69) is 5.32 Å². The molecule has 0 saturated carbocycles. The number of rotatable bonds is 3. The Morgan fingerprint density at radius 3 is 3.07 bits per heavy atom. The van der Waals surface area contributed by atoms with Crippen LogP contribution in [0.15, 0.2) is 29.2 Å². The topological polar surface area (TPSA) is 29.1 Å². The largest absolute Gasteiger partial charge is 0.316 e. The highest BCUT2D eigenvalue weighted by Gasteiger charge is 2.18. The van der Waals surface area contributed by atoms with Crippen molar-refractivity contribution in [2.24, 2.45) is 5.92 Å². The van der Waals surface area contributed by atoms with Crippen molar-refractivity contribution >= 4 is 22.4 Å². The molecule has 4 heteroatoms. The first-order valence-corrected chi connectivity index (χ1v) is 6.80. The van der Waals surface area contributed by atoms with Gasteiger partial charge in [-0.25, -0.2) is 0 Å². The van der Waals surface area contributed by atoms with Gasteiger partial charge in [0.25, 0.3) is 0 Å². The number of nitrogens with one attached hydrogen (secondary N) is 1. The van der Waals surface area contributed by atoms with E-state index in [1.807, 2.05) is 12.1 Å². The molecule has 1 heterocycles. The third kappa shape index (κ3) is 3.03. The lowest BCUT2D eigenvalue weighted by Crippen LogP contribution is -2.15. The lowest BCUT2D eigenvalue weighted by Gasteiger charge is -2.07. The van der Waals surface area contributed by atoms with E-state index in [-0.39, 0.29) is 0 Å². The van der Waals surface area contributed by atoms with Gasteiger partial charge in [0, 0.05) is 15.7 Å². The van der Waals surface area contributed by atoms with Crippen molar-refractivity contribution in [3.05, 3.63) is 29.3 Å². The molecule has 1 aromatic carbocycles. The van der Waals surface area contributed by atoms with Crippen molar-refractivity contribution in [1.29, 1.82) is 0 Å². The Balaban J connectivity index is 2.01. The molecule has 0 amide bonds. The van der Waals surface area contributed by atoms with Gasteiger partial charge in [-0.3, -0.25) is 4.21 Å². The monoisotopic (exact) mass is 243 g/mol. The average Bonchev–Trinajstić information content (AvgIpc) is 2.70. The Morgan fingerprint density at radius 1 is 1.53 bits per heavy atom. The molecular formula is C11H14ClNOS. The van der Waals surface area contributed by atoms with Crippen LogP contribution in [0.25, 0.3) is 0 Å². The molecule has 2 atom stereocenters. The van der Waals surface area contributed by atoms with E-state index in [0.717, 1.165) is 30.2 Å². The minimum Gasteiger partial charge on any atom is -0.316 e. The maximum absolute atomic E-state index is 12.0. The first-order chi connectivity index (χ1) is 7.25. The predicted octanol–water partition coefficient (Wildman–Crippen LogP) is 2.06. The zero-order chi connectivity index (χ0) is 10.7. The first kappa shape index (κ1) is 11.1. The van der Waals surface area contributed by atoms with Crippen LogP contribution >= 0.6 is 11.6 Å². The number of halogens is 1. The Bertz CT molecular complexity index is 363. The van der Waals surface area contributed by atoms with E-state index in [9.17, 15) is 4.21 Å². The predicted molar refractivity (Wildman–Crippen MR) is 63.7 cm³/mol. The van der Waals surface area contributed by atoms with Crippen LogP contribution in [0.1, 0.15) is 6.42 Å². The highest BCUT2D eigenvalue weighted by molar-refractivity contribution is 7.85. The van der Waals surface area contributed by atoms with Gasteiger partial charge in [0.2, 0.25) is 0 Å². The number of benzene rings is 1. The van der Waals surface area contributed by atoms with E-state index in [1.165, 1.54) is 0 Å². The molecule has 0 bridgehead atoms. The lowest BCUT2D eigenvalue weighted by molar-refractivity contribution is 0.633. The van der Waals surface area contributed by atoms with Crippen LogP contribution in [-0.4, -0.2) is 23.1 Å². The quantitative estimate of drug-likeness (QED) is 0.881. The van der Waals surface area contributed by atoms with Crippen molar-refractivity contribution in [2.75, 3.05) is 18.8 Å². The van der Waals surface area contributed by atoms with Crippen LogP contribution in [0.3, 0.4) is 0 Å². The maximum Gasteiger partial charge on any atom is 0.0533 e. The Labute approximate surface area is 97.5 Å². The molecule has 2 rings (SSSR count). The molecule has 0 aliphatic carbocycles. The first-order valence-electron chi connectivity index (χ1n) is 5.10. The second kappa shape index (κ2) is 5.10. The molecule has 0 radical (unpaired) electrons. The van der Waals surface area contributed by atoms with E-state index in [4.69, 9.17) is 11.6 Å². The summed E-state index contributed by atoms with van der Waals surface area (Å²) in [6.07, 6.45) is 1.13. The van der Waals surface area contributed by atoms with Crippen LogP contribution in [0, 0.1) is 5.92 Å². The molecule has 15 heavy (non-hydrogen) atoms. The van der Waals surface area contributed by atoms with Gasteiger partial charge >= 0.3 is 0 Å². The van der Waals surface area contributed by atoms with Gasteiger partial charge in [0.05, 0.1) is 10.8 Å². The van der Waals surface area contributed by atoms with Gasteiger partial charge in [0.15, 0.2) is 0 Å². The molecule has 2 unspecified atom stereocenters. The van der Waals surface area contributed by atoms with Crippen LogP contribution in [0.4, 0.5) is 0 Å². The highest BCUT2D eigenvalue weighted by Crippen LogP contribution is 2.17. The van der Waals surface area contributed by atoms with Crippen LogP contribution in [0.5, 0.6) is 0 Å². The molecule has 1 N–H and O–H groups in total. The summed E-state index contributed by atoms with van der Waals surface area (Å²) >= 11 is 5.86. The Morgan fingerprint density at radius 2 is 2.40 bits per heavy atom. The molecule has 0 spiro atoms. The van der Waals surface area contributed by atoms with Gasteiger partial charge < -0.3 is 5.32 Å². The summed E-state index contributed by atoms with van der Waals surface area (Å²) in [6, 6.07) is 7.33. The molecule has 0 aromatic heterocycles. The fourth-order valence-electron chi connectivity index (χ4n) is 1.78. The smallest absolute Gasteiger partial charge is 0.0533 e. The van der Waals surface area contributed by atoms with Crippen molar-refractivity contribution in [2.45, 2.75) is 11.3 Å². The molecule has 1 aromatic rings. The van der Waals surface area contributed by atoms with Crippen molar-refractivity contribution in [3.63, 3.8) is 0 Å². The fraction of sp³-hybridized carbons (Fsp3) is 0.455. The molecule has 1 aliphatic heterocycles. The Hall–Kier alpha value is -0.380. The molecule has 1 fully saturated rings. The van der Waals surface area contributed by atoms with E-state index < -0.39 is 10.8 Å². The summed E-state index contributed by atoms with van der Waals surface area (Å²) in [7, 11) is -0.908. The average molecular weight is 244 g/mol. The lowest BCUT2D eigenvalue weighted by atomic mass is 10.2. The normalized spacial score (nSPS) is 22.9. The second-order valence-electron chi connectivity index (χ2n) is 3.83. The summed E-state index contributed by atoms with van der Waals surface area (Å²) in [6.45, 7) is 2.05. The Kier molecular flexibility index (Phi) is 3.78. The minimum atomic E-state index is -0.908. The van der Waals surface area contributed by atoms with Gasteiger partial charge in [-0.05, 0) is 43.6 Å². The zero-order valence-corrected chi connectivity index (χ0v) is 9.98. The summed E-state index contributed by atoms with van der Waals surface area (Å²) in [4.78, 5) is 0.842. The van der Waals surface area contributed by atoms with Crippen molar-refractivity contribution < 1.29 is 4.21 Å². The number of hydrogen-bond donors (Lipinski definition) is 1. The standard InChI is InChI=1S/C11H14ClNOS/c12-10-2-1-3-11(6-10)15(14)8-9-4-5-13-7-9/h1-3,6,9,13H,4-5,7-8H2.